The number of hydrogen-bond acceptors (Lipinski definition) is 7. The lowest BCUT2D eigenvalue weighted by Gasteiger charge is -2.27. The summed E-state index contributed by atoms with van der Waals surface area (Å²) in [7, 11) is 2.90. The molecule has 0 aliphatic carbocycles. The average molecular weight is 524 g/mol. The number of amides is 1. The van der Waals surface area contributed by atoms with E-state index in [2.05, 4.69) is 0 Å². The summed E-state index contributed by atoms with van der Waals surface area (Å²) in [6.45, 7) is 3.82. The van der Waals surface area contributed by atoms with Gasteiger partial charge in [0.05, 0.1) is 38.0 Å². The highest BCUT2D eigenvalue weighted by atomic mass is 35.5. The predicted molar refractivity (Wildman–Crippen MR) is 140 cm³/mol. The van der Waals surface area contributed by atoms with Crippen molar-refractivity contribution in [3.05, 3.63) is 81.9 Å². The average Bonchev–Trinajstić information content (AvgIpc) is 3.14. The van der Waals surface area contributed by atoms with Crippen molar-refractivity contribution in [2.75, 3.05) is 25.7 Å². The van der Waals surface area contributed by atoms with Gasteiger partial charge in [0.25, 0.3) is 11.7 Å². The molecule has 1 amide bonds. The second kappa shape index (κ2) is 10.4. The monoisotopic (exact) mass is 523 g/mol. The van der Waals surface area contributed by atoms with Crippen LogP contribution in [0.4, 0.5) is 5.69 Å². The predicted octanol–water partition coefficient (Wildman–Crippen LogP) is 5.40. The zero-order chi connectivity index (χ0) is 26.9. The van der Waals surface area contributed by atoms with Gasteiger partial charge in [-0.05, 0) is 73.5 Å². The van der Waals surface area contributed by atoms with Crippen molar-refractivity contribution in [1.29, 1.82) is 0 Å². The number of phenolic OH excluding ortho intramolecular Hbond substituents is 1. The summed E-state index contributed by atoms with van der Waals surface area (Å²) in [5.41, 5.74) is 1.57. The highest BCUT2D eigenvalue weighted by molar-refractivity contribution is 6.52. The topological polar surface area (TPSA) is 106 Å². The fraction of sp³-hybridized carbons (Fsp3) is 0.214. The largest absolute Gasteiger partial charge is 0.507 e. The Hall–Kier alpha value is -4.17. The van der Waals surface area contributed by atoms with Crippen molar-refractivity contribution in [3.8, 4) is 23.0 Å². The number of benzene rings is 3. The minimum absolute atomic E-state index is 0.0975. The molecule has 4 rings (SSSR count). The molecular formula is C28H26ClNO7. The Bertz CT molecular complexity index is 1420. The number of carbonyl (C=O) groups is 2. The van der Waals surface area contributed by atoms with E-state index in [-0.39, 0.29) is 35.0 Å². The van der Waals surface area contributed by atoms with Crippen LogP contribution in [0.15, 0.2) is 60.2 Å². The fourth-order valence-corrected chi connectivity index (χ4v) is 4.63. The molecule has 1 atom stereocenters. The minimum Gasteiger partial charge on any atom is -0.507 e. The maximum absolute atomic E-state index is 13.5. The van der Waals surface area contributed by atoms with E-state index in [9.17, 15) is 19.8 Å². The van der Waals surface area contributed by atoms with Crippen molar-refractivity contribution in [3.63, 3.8) is 0 Å². The fourth-order valence-electron chi connectivity index (χ4n) is 4.40. The first-order valence-electron chi connectivity index (χ1n) is 11.5. The summed E-state index contributed by atoms with van der Waals surface area (Å²) in [5, 5.41) is 22.3. The molecule has 0 spiro atoms. The smallest absolute Gasteiger partial charge is 0.300 e. The van der Waals surface area contributed by atoms with Crippen LogP contribution in [0.5, 0.6) is 23.0 Å². The van der Waals surface area contributed by atoms with E-state index < -0.39 is 23.5 Å². The van der Waals surface area contributed by atoms with Crippen LogP contribution in [0.3, 0.4) is 0 Å². The second-order valence-corrected chi connectivity index (χ2v) is 8.76. The number of rotatable bonds is 7. The van der Waals surface area contributed by atoms with Gasteiger partial charge in [-0.15, -0.1) is 0 Å². The molecule has 37 heavy (non-hydrogen) atoms. The number of anilines is 1. The molecule has 1 heterocycles. The summed E-state index contributed by atoms with van der Waals surface area (Å²) in [6.07, 6.45) is 0. The van der Waals surface area contributed by atoms with Crippen molar-refractivity contribution in [2.24, 2.45) is 0 Å². The highest BCUT2D eigenvalue weighted by Gasteiger charge is 2.47. The van der Waals surface area contributed by atoms with Gasteiger partial charge in [-0.2, -0.15) is 0 Å². The van der Waals surface area contributed by atoms with Crippen molar-refractivity contribution in [1.82, 2.24) is 0 Å². The number of Topliss-reactive ketones (excluding diaryl/α,β-unsaturated/α-hetero) is 1. The van der Waals surface area contributed by atoms with Crippen LogP contribution >= 0.6 is 11.6 Å². The van der Waals surface area contributed by atoms with Crippen LogP contribution in [-0.4, -0.2) is 42.7 Å². The lowest BCUT2D eigenvalue weighted by molar-refractivity contribution is -0.132. The number of carbonyl (C=O) groups excluding carboxylic acids is 2. The SMILES string of the molecule is CCOc1cc(C2/C(=C(\O)c3cc(OC)ccc3OC)C(=O)C(=O)N2c2ccc(Cl)cc2C)ccc1O. The van der Waals surface area contributed by atoms with Gasteiger partial charge in [0.15, 0.2) is 11.5 Å². The maximum Gasteiger partial charge on any atom is 0.300 e. The zero-order valence-corrected chi connectivity index (χ0v) is 21.5. The van der Waals surface area contributed by atoms with Gasteiger partial charge in [-0.25, -0.2) is 0 Å². The third kappa shape index (κ3) is 4.68. The summed E-state index contributed by atoms with van der Waals surface area (Å²) in [5.74, 6) is -1.36. The Morgan fingerprint density at radius 1 is 1.00 bits per heavy atom. The Kier molecular flexibility index (Phi) is 7.31. The quantitative estimate of drug-likeness (QED) is 0.243. The molecule has 192 valence electrons. The number of aryl methyl sites for hydroxylation is 1. The van der Waals surface area contributed by atoms with Gasteiger partial charge < -0.3 is 24.4 Å². The normalized spacial score (nSPS) is 16.7. The first kappa shape index (κ1) is 25.9. The maximum atomic E-state index is 13.5. The van der Waals surface area contributed by atoms with E-state index in [0.29, 0.717) is 27.6 Å². The molecular weight excluding hydrogens is 498 g/mol. The number of methoxy groups -OCH3 is 2. The molecule has 0 bridgehead atoms. The van der Waals surface area contributed by atoms with Crippen molar-refractivity contribution < 1.29 is 34.0 Å². The van der Waals surface area contributed by atoms with Gasteiger partial charge in [0.2, 0.25) is 0 Å². The highest BCUT2D eigenvalue weighted by Crippen LogP contribution is 2.46. The van der Waals surface area contributed by atoms with Gasteiger partial charge in [0.1, 0.15) is 17.3 Å². The van der Waals surface area contributed by atoms with Gasteiger partial charge in [-0.1, -0.05) is 17.7 Å². The molecule has 0 radical (unpaired) electrons. The number of aromatic hydroxyl groups is 1. The van der Waals surface area contributed by atoms with Crippen LogP contribution in [0, 0.1) is 6.92 Å². The molecule has 1 aliphatic heterocycles. The van der Waals surface area contributed by atoms with E-state index in [1.165, 1.54) is 31.3 Å². The molecule has 0 saturated carbocycles. The third-order valence-electron chi connectivity index (χ3n) is 6.12. The molecule has 1 saturated heterocycles. The number of aliphatic hydroxyl groups is 1. The summed E-state index contributed by atoms with van der Waals surface area (Å²) < 4.78 is 16.3. The first-order valence-corrected chi connectivity index (χ1v) is 11.8. The lowest BCUT2D eigenvalue weighted by atomic mass is 9.94. The summed E-state index contributed by atoms with van der Waals surface area (Å²) >= 11 is 6.15. The van der Waals surface area contributed by atoms with Crippen LogP contribution in [-0.2, 0) is 9.59 Å². The van der Waals surface area contributed by atoms with Crippen molar-refractivity contribution in [2.45, 2.75) is 19.9 Å². The van der Waals surface area contributed by atoms with E-state index in [1.54, 1.807) is 56.3 Å². The molecule has 1 unspecified atom stereocenters. The van der Waals surface area contributed by atoms with Gasteiger partial charge in [0, 0.05) is 10.7 Å². The second-order valence-electron chi connectivity index (χ2n) is 8.33. The minimum atomic E-state index is -1.05. The third-order valence-corrected chi connectivity index (χ3v) is 6.36. The molecule has 9 heteroatoms. The number of ether oxygens (including phenoxy) is 3. The van der Waals surface area contributed by atoms with Crippen LogP contribution in [0.25, 0.3) is 5.76 Å². The molecule has 8 nitrogen and oxygen atoms in total. The number of aliphatic hydroxyl groups excluding tert-OH is 1. The Morgan fingerprint density at radius 2 is 1.76 bits per heavy atom. The molecule has 2 N–H and O–H groups in total. The van der Waals surface area contributed by atoms with Crippen molar-refractivity contribution >= 4 is 34.7 Å². The zero-order valence-electron chi connectivity index (χ0n) is 20.7. The van der Waals surface area contributed by atoms with E-state index in [0.717, 1.165) is 0 Å². The molecule has 1 aliphatic rings. The number of phenols is 1. The molecule has 3 aromatic rings. The van der Waals surface area contributed by atoms with Crippen LogP contribution < -0.4 is 19.1 Å². The number of nitrogens with zero attached hydrogens (tertiary/aromatic N) is 1. The lowest BCUT2D eigenvalue weighted by Crippen LogP contribution is -2.30. The van der Waals surface area contributed by atoms with Crippen LogP contribution in [0.2, 0.25) is 5.02 Å². The van der Waals surface area contributed by atoms with Gasteiger partial charge in [-0.3, -0.25) is 14.5 Å². The summed E-state index contributed by atoms with van der Waals surface area (Å²) in [4.78, 5) is 28.3. The number of ketones is 1. The van der Waals surface area contributed by atoms with E-state index >= 15 is 0 Å². The Labute approximate surface area is 219 Å². The van der Waals surface area contributed by atoms with Crippen LogP contribution in [0.1, 0.15) is 29.7 Å². The number of hydrogen-bond donors (Lipinski definition) is 2. The summed E-state index contributed by atoms with van der Waals surface area (Å²) in [6, 6.07) is 13.2. The Morgan fingerprint density at radius 3 is 2.41 bits per heavy atom. The molecule has 1 fully saturated rings. The first-order chi connectivity index (χ1) is 17.7. The van der Waals surface area contributed by atoms with Gasteiger partial charge >= 0.3 is 0 Å². The standard InChI is InChI=1S/C28H26ClNO7/c1-5-37-23-13-16(6-10-21(23)31)25-24(26(32)19-14-18(35-3)8-11-22(19)36-4)27(33)28(34)30(25)20-9-7-17(29)12-15(20)2/h6-14,25,31-32H,5H2,1-4H3/b26-24+. The molecule has 0 aromatic heterocycles. The van der Waals surface area contributed by atoms with E-state index in [4.69, 9.17) is 25.8 Å². The number of halogens is 1. The van der Waals surface area contributed by atoms with E-state index in [1.807, 2.05) is 0 Å². The Balaban J connectivity index is 2.02. The molecule has 3 aromatic carbocycles.